The Morgan fingerprint density at radius 3 is 2.46 bits per heavy atom. The predicted molar refractivity (Wildman–Crippen MR) is 93.6 cm³/mol. The molecular formula is C19H11ClN4. The second-order valence-electron chi connectivity index (χ2n) is 5.33. The lowest BCUT2D eigenvalue weighted by Gasteiger charge is -2.03. The molecule has 0 aliphatic rings. The van der Waals surface area contributed by atoms with Crippen LogP contribution in [0.2, 0.25) is 5.02 Å². The van der Waals surface area contributed by atoms with E-state index < -0.39 is 0 Å². The van der Waals surface area contributed by atoms with Gasteiger partial charge in [0.2, 0.25) is 0 Å². The highest BCUT2D eigenvalue weighted by Crippen LogP contribution is 2.25. The first-order valence-electron chi connectivity index (χ1n) is 7.36. The lowest BCUT2D eigenvalue weighted by Crippen LogP contribution is -1.92. The van der Waals surface area contributed by atoms with Crippen molar-refractivity contribution in [3.05, 3.63) is 77.4 Å². The molecule has 5 heteroatoms. The third-order valence-electron chi connectivity index (χ3n) is 3.74. The van der Waals surface area contributed by atoms with Crippen LogP contribution in [-0.2, 0) is 0 Å². The number of hydrogen-bond acceptors (Lipinski definition) is 3. The molecule has 4 aromatic rings. The number of aromatic nitrogens is 3. The maximum absolute atomic E-state index is 9.48. The van der Waals surface area contributed by atoms with Gasteiger partial charge < -0.3 is 0 Å². The number of pyridine rings is 1. The summed E-state index contributed by atoms with van der Waals surface area (Å²) in [5.74, 6) is 0.541. The Hall–Kier alpha value is -3.16. The summed E-state index contributed by atoms with van der Waals surface area (Å²) in [5.41, 5.74) is 3.78. The minimum absolute atomic E-state index is 0.483. The fraction of sp³-hybridized carbons (Fsp3) is 0. The largest absolute Gasteiger partial charge is 0.219 e. The summed E-state index contributed by atoms with van der Waals surface area (Å²) >= 11 is 6.04. The molecule has 0 unspecified atom stereocenters. The summed E-state index contributed by atoms with van der Waals surface area (Å²) in [6.45, 7) is 0. The second-order valence-corrected chi connectivity index (χ2v) is 5.77. The quantitative estimate of drug-likeness (QED) is 0.540. The Bertz CT molecular complexity index is 1080. The topological polar surface area (TPSA) is 54.0 Å². The summed E-state index contributed by atoms with van der Waals surface area (Å²) in [6, 6.07) is 21.3. The van der Waals surface area contributed by atoms with Crippen molar-refractivity contribution in [2.75, 3.05) is 0 Å². The first-order valence-corrected chi connectivity index (χ1v) is 7.74. The van der Waals surface area contributed by atoms with Gasteiger partial charge in [-0.25, -0.2) is 9.50 Å². The zero-order valence-corrected chi connectivity index (χ0v) is 13.3. The molecule has 0 aliphatic heterocycles. The fourth-order valence-corrected chi connectivity index (χ4v) is 2.80. The Labute approximate surface area is 143 Å². The SMILES string of the molecule is N#Cc1cc(-c2ccccc2)cn2nc(-c3cccc(Cl)c3)nc12. The number of benzene rings is 2. The molecule has 0 amide bonds. The van der Waals surface area contributed by atoms with Crippen LogP contribution in [0.1, 0.15) is 5.56 Å². The van der Waals surface area contributed by atoms with Crippen LogP contribution in [-0.4, -0.2) is 14.6 Å². The van der Waals surface area contributed by atoms with Gasteiger partial charge in [-0.1, -0.05) is 54.1 Å². The van der Waals surface area contributed by atoms with Crippen LogP contribution < -0.4 is 0 Å². The summed E-state index contributed by atoms with van der Waals surface area (Å²) < 4.78 is 1.65. The van der Waals surface area contributed by atoms with Crippen LogP contribution in [0.5, 0.6) is 0 Å². The summed E-state index contributed by atoms with van der Waals surface area (Å²) in [4.78, 5) is 4.50. The zero-order valence-electron chi connectivity index (χ0n) is 12.5. The number of hydrogen-bond donors (Lipinski definition) is 0. The van der Waals surface area contributed by atoms with Gasteiger partial charge in [0.05, 0.1) is 5.56 Å². The maximum Gasteiger partial charge on any atom is 0.182 e. The molecule has 4 rings (SSSR count). The van der Waals surface area contributed by atoms with Crippen molar-refractivity contribution in [2.45, 2.75) is 0 Å². The van der Waals surface area contributed by atoms with Crippen molar-refractivity contribution >= 4 is 17.2 Å². The van der Waals surface area contributed by atoms with E-state index in [9.17, 15) is 5.26 Å². The first-order chi connectivity index (χ1) is 11.7. The van der Waals surface area contributed by atoms with Gasteiger partial charge in [-0.2, -0.15) is 5.26 Å². The molecule has 0 aliphatic carbocycles. The number of nitriles is 1. The number of nitrogens with zero attached hydrogens (tertiary/aromatic N) is 4. The molecule has 114 valence electrons. The van der Waals surface area contributed by atoms with Crippen molar-refractivity contribution < 1.29 is 0 Å². The van der Waals surface area contributed by atoms with Gasteiger partial charge in [-0.15, -0.1) is 5.10 Å². The van der Waals surface area contributed by atoms with Crippen LogP contribution in [0, 0.1) is 11.3 Å². The Balaban J connectivity index is 1.92. The molecule has 0 bridgehead atoms. The lowest BCUT2D eigenvalue weighted by molar-refractivity contribution is 0.965. The van der Waals surface area contributed by atoms with E-state index in [1.807, 2.05) is 54.7 Å². The van der Waals surface area contributed by atoms with Crippen molar-refractivity contribution in [3.63, 3.8) is 0 Å². The third-order valence-corrected chi connectivity index (χ3v) is 3.98. The van der Waals surface area contributed by atoms with Gasteiger partial charge in [0.25, 0.3) is 0 Å². The van der Waals surface area contributed by atoms with E-state index in [2.05, 4.69) is 16.2 Å². The van der Waals surface area contributed by atoms with Crippen LogP contribution >= 0.6 is 11.6 Å². The van der Waals surface area contributed by atoms with Crippen molar-refractivity contribution in [1.82, 2.24) is 14.6 Å². The zero-order chi connectivity index (χ0) is 16.5. The Kier molecular flexibility index (Phi) is 3.49. The van der Waals surface area contributed by atoms with Crippen molar-refractivity contribution in [1.29, 1.82) is 5.26 Å². The predicted octanol–water partition coefficient (Wildman–Crippen LogP) is 4.59. The highest BCUT2D eigenvalue weighted by molar-refractivity contribution is 6.30. The molecule has 0 saturated heterocycles. The van der Waals surface area contributed by atoms with Crippen molar-refractivity contribution in [3.8, 4) is 28.6 Å². The van der Waals surface area contributed by atoms with E-state index in [4.69, 9.17) is 11.6 Å². The third kappa shape index (κ3) is 2.51. The van der Waals surface area contributed by atoms with E-state index in [0.717, 1.165) is 16.7 Å². The van der Waals surface area contributed by atoms with Gasteiger partial charge in [0.1, 0.15) is 6.07 Å². The maximum atomic E-state index is 9.48. The van der Waals surface area contributed by atoms with Gasteiger partial charge >= 0.3 is 0 Å². The minimum atomic E-state index is 0.483. The molecule has 0 saturated carbocycles. The minimum Gasteiger partial charge on any atom is -0.219 e. The number of fused-ring (bicyclic) bond motifs is 1. The van der Waals surface area contributed by atoms with Crippen molar-refractivity contribution in [2.24, 2.45) is 0 Å². The van der Waals surface area contributed by atoms with E-state index in [-0.39, 0.29) is 0 Å². The van der Waals surface area contributed by atoms with Gasteiger partial charge in [0, 0.05) is 22.3 Å². The summed E-state index contributed by atoms with van der Waals surface area (Å²) in [7, 11) is 0. The smallest absolute Gasteiger partial charge is 0.182 e. The van der Waals surface area contributed by atoms with E-state index in [1.165, 1.54) is 0 Å². The average Bonchev–Trinajstić information content (AvgIpc) is 3.06. The fourth-order valence-electron chi connectivity index (χ4n) is 2.61. The molecule has 0 atom stereocenters. The molecule has 24 heavy (non-hydrogen) atoms. The molecule has 2 aromatic carbocycles. The number of rotatable bonds is 2. The Morgan fingerprint density at radius 1 is 0.917 bits per heavy atom. The van der Waals surface area contributed by atoms with Crippen LogP contribution in [0.15, 0.2) is 66.9 Å². The molecule has 0 fully saturated rings. The number of halogens is 1. The molecule has 4 nitrogen and oxygen atoms in total. The first kappa shape index (κ1) is 14.4. The Morgan fingerprint density at radius 2 is 1.71 bits per heavy atom. The standard InChI is InChI=1S/C19H11ClN4/c20-17-8-4-7-14(10-17)18-22-19-15(11-21)9-16(12-24(19)23-18)13-5-2-1-3-6-13/h1-10,12H. The average molecular weight is 331 g/mol. The molecule has 2 heterocycles. The molecular weight excluding hydrogens is 320 g/mol. The highest BCUT2D eigenvalue weighted by Gasteiger charge is 2.12. The van der Waals surface area contributed by atoms with E-state index in [1.54, 1.807) is 16.6 Å². The van der Waals surface area contributed by atoms with Crippen LogP contribution in [0.4, 0.5) is 0 Å². The highest BCUT2D eigenvalue weighted by atomic mass is 35.5. The van der Waals surface area contributed by atoms with Gasteiger partial charge in [0.15, 0.2) is 11.5 Å². The van der Waals surface area contributed by atoms with Gasteiger partial charge in [-0.3, -0.25) is 0 Å². The van der Waals surface area contributed by atoms with Gasteiger partial charge in [-0.05, 0) is 23.8 Å². The van der Waals surface area contributed by atoms with Crippen LogP contribution in [0.3, 0.4) is 0 Å². The normalized spacial score (nSPS) is 10.7. The summed E-state index contributed by atoms with van der Waals surface area (Å²) in [5, 5.41) is 14.6. The molecule has 0 spiro atoms. The van der Waals surface area contributed by atoms with Crippen LogP contribution in [0.25, 0.3) is 28.2 Å². The monoisotopic (exact) mass is 330 g/mol. The van der Waals surface area contributed by atoms with E-state index >= 15 is 0 Å². The molecule has 2 aromatic heterocycles. The summed E-state index contributed by atoms with van der Waals surface area (Å²) in [6.07, 6.45) is 1.88. The second kappa shape index (κ2) is 5.80. The molecule has 0 radical (unpaired) electrons. The van der Waals surface area contributed by atoms with E-state index in [0.29, 0.717) is 22.1 Å². The lowest BCUT2D eigenvalue weighted by atomic mass is 10.1. The molecule has 0 N–H and O–H groups in total.